The Bertz CT molecular complexity index is 597. The standard InChI is InChI=1S/C20H29NO4/c1-4-24-18(22)14-8-6-5-7-11-15-21-19(23)16-12-9-10-13-17(16)25-20(21,2)3/h9-10,12-13H,4-8,11,14-15H2,1-3H3. The molecule has 0 aliphatic carbocycles. The normalized spacial score (nSPS) is 15.5. The molecule has 1 aromatic carbocycles. The fourth-order valence-electron chi connectivity index (χ4n) is 3.12. The van der Waals surface area contributed by atoms with Crippen LogP contribution in [0.1, 0.15) is 69.7 Å². The van der Waals surface area contributed by atoms with Gasteiger partial charge in [0.15, 0.2) is 5.72 Å². The minimum atomic E-state index is -0.630. The lowest BCUT2D eigenvalue weighted by molar-refractivity contribution is -0.143. The molecular weight excluding hydrogens is 318 g/mol. The Morgan fingerprint density at radius 2 is 1.80 bits per heavy atom. The van der Waals surface area contributed by atoms with Crippen LogP contribution in [-0.2, 0) is 9.53 Å². The maximum absolute atomic E-state index is 12.7. The predicted octanol–water partition coefficient (Wildman–Crippen LogP) is 4.16. The first-order chi connectivity index (χ1) is 12.0. The molecule has 0 spiro atoms. The molecule has 0 saturated carbocycles. The van der Waals surface area contributed by atoms with Gasteiger partial charge in [-0.3, -0.25) is 9.59 Å². The second-order valence-corrected chi connectivity index (χ2v) is 6.82. The van der Waals surface area contributed by atoms with Crippen LogP contribution in [0.2, 0.25) is 0 Å². The van der Waals surface area contributed by atoms with E-state index in [1.807, 2.05) is 49.9 Å². The molecule has 1 heterocycles. The zero-order valence-corrected chi connectivity index (χ0v) is 15.5. The largest absolute Gasteiger partial charge is 0.468 e. The summed E-state index contributed by atoms with van der Waals surface area (Å²) in [7, 11) is 0. The molecule has 1 aromatic rings. The molecule has 138 valence electrons. The molecule has 0 saturated heterocycles. The highest BCUT2D eigenvalue weighted by Gasteiger charge is 2.39. The Morgan fingerprint density at radius 1 is 1.12 bits per heavy atom. The highest BCUT2D eigenvalue weighted by atomic mass is 16.5. The zero-order chi connectivity index (χ0) is 18.3. The number of benzene rings is 1. The number of hydrogen-bond donors (Lipinski definition) is 0. The number of esters is 1. The molecule has 0 unspecified atom stereocenters. The van der Waals surface area contributed by atoms with E-state index in [4.69, 9.17) is 9.47 Å². The van der Waals surface area contributed by atoms with Gasteiger partial charge < -0.3 is 14.4 Å². The Labute approximate surface area is 150 Å². The fraction of sp³-hybridized carbons (Fsp3) is 0.600. The summed E-state index contributed by atoms with van der Waals surface area (Å²) in [6, 6.07) is 7.40. The molecule has 0 atom stereocenters. The number of carbonyl (C=O) groups excluding carboxylic acids is 2. The van der Waals surface area contributed by atoms with Gasteiger partial charge in [-0.15, -0.1) is 0 Å². The summed E-state index contributed by atoms with van der Waals surface area (Å²) in [6.07, 6.45) is 5.39. The molecule has 0 radical (unpaired) electrons. The molecule has 0 N–H and O–H groups in total. The van der Waals surface area contributed by atoms with Crippen molar-refractivity contribution >= 4 is 11.9 Å². The summed E-state index contributed by atoms with van der Waals surface area (Å²) in [4.78, 5) is 25.8. The van der Waals surface area contributed by atoms with E-state index < -0.39 is 5.72 Å². The number of amides is 1. The number of nitrogens with zero attached hydrogens (tertiary/aromatic N) is 1. The highest BCUT2D eigenvalue weighted by Crippen LogP contribution is 2.33. The van der Waals surface area contributed by atoms with Crippen molar-refractivity contribution in [1.29, 1.82) is 0 Å². The van der Waals surface area contributed by atoms with Gasteiger partial charge in [-0.25, -0.2) is 0 Å². The average molecular weight is 347 g/mol. The molecule has 5 nitrogen and oxygen atoms in total. The molecule has 1 aliphatic heterocycles. The van der Waals surface area contributed by atoms with Crippen molar-refractivity contribution in [1.82, 2.24) is 4.90 Å². The minimum Gasteiger partial charge on any atom is -0.468 e. The monoisotopic (exact) mass is 347 g/mol. The lowest BCUT2D eigenvalue weighted by Gasteiger charge is -2.42. The third-order valence-corrected chi connectivity index (χ3v) is 4.44. The van der Waals surface area contributed by atoms with Gasteiger partial charge in [0.05, 0.1) is 12.2 Å². The van der Waals surface area contributed by atoms with Crippen LogP contribution < -0.4 is 4.74 Å². The van der Waals surface area contributed by atoms with Crippen LogP contribution in [0.25, 0.3) is 0 Å². The molecule has 0 bridgehead atoms. The molecule has 0 aromatic heterocycles. The number of fused-ring (bicyclic) bond motifs is 1. The summed E-state index contributed by atoms with van der Waals surface area (Å²) in [6.45, 7) is 6.81. The van der Waals surface area contributed by atoms with Crippen molar-refractivity contribution in [3.8, 4) is 5.75 Å². The first kappa shape index (κ1) is 19.3. The quantitative estimate of drug-likeness (QED) is 0.497. The van der Waals surface area contributed by atoms with Crippen molar-refractivity contribution < 1.29 is 19.1 Å². The fourth-order valence-corrected chi connectivity index (χ4v) is 3.12. The third-order valence-electron chi connectivity index (χ3n) is 4.44. The SMILES string of the molecule is CCOC(=O)CCCCCCCN1C(=O)c2ccccc2OC1(C)C. The first-order valence-corrected chi connectivity index (χ1v) is 9.21. The second kappa shape index (κ2) is 8.88. The van der Waals surface area contributed by atoms with E-state index in [9.17, 15) is 9.59 Å². The van der Waals surface area contributed by atoms with Gasteiger partial charge in [0.25, 0.3) is 5.91 Å². The highest BCUT2D eigenvalue weighted by molar-refractivity contribution is 5.98. The lowest BCUT2D eigenvalue weighted by atomic mass is 10.1. The van der Waals surface area contributed by atoms with Gasteiger partial charge in [0.1, 0.15) is 5.75 Å². The third kappa shape index (κ3) is 5.21. The minimum absolute atomic E-state index is 0.0363. The van der Waals surface area contributed by atoms with E-state index >= 15 is 0 Å². The van der Waals surface area contributed by atoms with Gasteiger partial charge in [0, 0.05) is 13.0 Å². The van der Waals surface area contributed by atoms with Gasteiger partial charge in [0.2, 0.25) is 0 Å². The van der Waals surface area contributed by atoms with Gasteiger partial charge in [-0.05, 0) is 45.7 Å². The van der Waals surface area contributed by atoms with E-state index in [2.05, 4.69) is 0 Å². The Balaban J connectivity index is 1.73. The van der Waals surface area contributed by atoms with Gasteiger partial charge in [-0.1, -0.05) is 31.4 Å². The summed E-state index contributed by atoms with van der Waals surface area (Å²) < 4.78 is 10.9. The van der Waals surface area contributed by atoms with Crippen molar-refractivity contribution in [2.75, 3.05) is 13.2 Å². The molecule has 2 rings (SSSR count). The summed E-state index contributed by atoms with van der Waals surface area (Å²) >= 11 is 0. The second-order valence-electron chi connectivity index (χ2n) is 6.82. The van der Waals surface area contributed by atoms with Gasteiger partial charge in [-0.2, -0.15) is 0 Å². The zero-order valence-electron chi connectivity index (χ0n) is 15.5. The van der Waals surface area contributed by atoms with Crippen LogP contribution in [0.3, 0.4) is 0 Å². The van der Waals surface area contributed by atoms with Crippen molar-refractivity contribution in [2.24, 2.45) is 0 Å². The van der Waals surface area contributed by atoms with E-state index in [1.165, 1.54) is 0 Å². The number of rotatable bonds is 9. The number of hydrogen-bond acceptors (Lipinski definition) is 4. The Hall–Kier alpha value is -2.04. The number of carbonyl (C=O) groups is 2. The molecular formula is C20H29NO4. The first-order valence-electron chi connectivity index (χ1n) is 9.21. The molecule has 1 aliphatic rings. The molecule has 0 fully saturated rings. The number of ether oxygens (including phenoxy) is 2. The van der Waals surface area contributed by atoms with Crippen LogP contribution >= 0.6 is 0 Å². The maximum atomic E-state index is 12.7. The van der Waals surface area contributed by atoms with Crippen LogP contribution in [0, 0.1) is 0 Å². The van der Waals surface area contributed by atoms with Crippen LogP contribution in [0.5, 0.6) is 5.75 Å². The smallest absolute Gasteiger partial charge is 0.305 e. The maximum Gasteiger partial charge on any atom is 0.305 e. The van der Waals surface area contributed by atoms with Crippen molar-refractivity contribution in [2.45, 2.75) is 65.0 Å². The Kier molecular flexibility index (Phi) is 6.85. The Morgan fingerprint density at radius 3 is 2.56 bits per heavy atom. The number of para-hydroxylation sites is 1. The predicted molar refractivity (Wildman–Crippen MR) is 96.5 cm³/mol. The average Bonchev–Trinajstić information content (AvgIpc) is 2.56. The van der Waals surface area contributed by atoms with Crippen LogP contribution in [0.4, 0.5) is 0 Å². The number of unbranched alkanes of at least 4 members (excludes halogenated alkanes) is 4. The van der Waals surface area contributed by atoms with Crippen LogP contribution in [0.15, 0.2) is 24.3 Å². The van der Waals surface area contributed by atoms with Crippen LogP contribution in [-0.4, -0.2) is 35.7 Å². The molecule has 25 heavy (non-hydrogen) atoms. The van der Waals surface area contributed by atoms with Crippen molar-refractivity contribution in [3.05, 3.63) is 29.8 Å². The summed E-state index contributed by atoms with van der Waals surface area (Å²) in [5.41, 5.74) is 0.00581. The van der Waals surface area contributed by atoms with E-state index in [0.717, 1.165) is 32.1 Å². The van der Waals surface area contributed by atoms with E-state index in [1.54, 1.807) is 0 Å². The molecule has 1 amide bonds. The van der Waals surface area contributed by atoms with Gasteiger partial charge >= 0.3 is 5.97 Å². The lowest BCUT2D eigenvalue weighted by Crippen LogP contribution is -2.55. The van der Waals surface area contributed by atoms with E-state index in [0.29, 0.717) is 30.9 Å². The summed E-state index contributed by atoms with van der Waals surface area (Å²) in [5.74, 6) is 0.584. The molecule has 5 heteroatoms. The van der Waals surface area contributed by atoms with Crippen molar-refractivity contribution in [3.63, 3.8) is 0 Å². The van der Waals surface area contributed by atoms with E-state index in [-0.39, 0.29) is 11.9 Å². The topological polar surface area (TPSA) is 55.8 Å². The summed E-state index contributed by atoms with van der Waals surface area (Å²) in [5, 5.41) is 0.